The first-order chi connectivity index (χ1) is 7.67. The van der Waals surface area contributed by atoms with Gasteiger partial charge in [-0.15, -0.1) is 0 Å². The van der Waals surface area contributed by atoms with Crippen LogP contribution in [0.15, 0.2) is 24.3 Å². The second-order valence-corrected chi connectivity index (χ2v) is 4.42. The molecule has 0 aliphatic rings. The zero-order valence-electron chi connectivity index (χ0n) is 10.4. The Kier molecular flexibility index (Phi) is 5.46. The maximum atomic E-state index is 5.45. The molecule has 0 radical (unpaired) electrons. The molecular weight excluding hydrogens is 200 g/mol. The van der Waals surface area contributed by atoms with Crippen LogP contribution >= 0.6 is 0 Å². The van der Waals surface area contributed by atoms with E-state index in [1.807, 2.05) is 0 Å². The summed E-state index contributed by atoms with van der Waals surface area (Å²) in [6.45, 7) is 5.02. The second kappa shape index (κ2) is 6.63. The summed E-state index contributed by atoms with van der Waals surface area (Å²) in [7, 11) is 1.69. The molecule has 3 nitrogen and oxygen atoms in total. The Morgan fingerprint density at radius 2 is 1.88 bits per heavy atom. The van der Waals surface area contributed by atoms with Crippen LogP contribution in [0, 0.1) is 0 Å². The molecule has 90 valence electrons. The molecule has 0 aliphatic carbocycles. The largest absolute Gasteiger partial charge is 0.383 e. The molecule has 1 atom stereocenters. The second-order valence-electron chi connectivity index (χ2n) is 4.42. The van der Waals surface area contributed by atoms with Crippen molar-refractivity contribution in [2.45, 2.75) is 32.2 Å². The third kappa shape index (κ3) is 3.93. The molecule has 16 heavy (non-hydrogen) atoms. The van der Waals surface area contributed by atoms with Crippen LogP contribution in [-0.2, 0) is 11.2 Å². The van der Waals surface area contributed by atoms with Gasteiger partial charge in [0.05, 0.1) is 6.61 Å². The monoisotopic (exact) mass is 222 g/mol. The molecular formula is C13H22N2O. The Morgan fingerprint density at radius 1 is 1.25 bits per heavy atom. The number of ether oxygens (including phenoxy) is 1. The highest BCUT2D eigenvalue weighted by molar-refractivity contribution is 5.25. The van der Waals surface area contributed by atoms with Crippen LogP contribution in [0.25, 0.3) is 0 Å². The van der Waals surface area contributed by atoms with E-state index >= 15 is 0 Å². The first kappa shape index (κ1) is 13.2. The molecule has 0 saturated carbocycles. The lowest BCUT2D eigenvalue weighted by Gasteiger charge is -2.15. The van der Waals surface area contributed by atoms with E-state index < -0.39 is 0 Å². The lowest BCUT2D eigenvalue weighted by molar-refractivity contribution is 0.166. The number of hydrazine groups is 1. The minimum absolute atomic E-state index is 0.176. The van der Waals surface area contributed by atoms with E-state index in [0.29, 0.717) is 12.5 Å². The van der Waals surface area contributed by atoms with Gasteiger partial charge in [0.25, 0.3) is 0 Å². The zero-order valence-corrected chi connectivity index (χ0v) is 10.4. The van der Waals surface area contributed by atoms with E-state index in [0.717, 1.165) is 6.42 Å². The number of benzene rings is 1. The SMILES string of the molecule is COCC(Cc1ccc(C(C)C)cc1)NN. The summed E-state index contributed by atoms with van der Waals surface area (Å²) in [5, 5.41) is 0. The predicted octanol–water partition coefficient (Wildman–Crippen LogP) is 1.83. The third-order valence-corrected chi connectivity index (χ3v) is 2.73. The first-order valence-corrected chi connectivity index (χ1v) is 5.71. The van der Waals surface area contributed by atoms with Crippen LogP contribution in [0.1, 0.15) is 30.9 Å². The predicted molar refractivity (Wildman–Crippen MR) is 67.2 cm³/mol. The van der Waals surface area contributed by atoms with Crippen LogP contribution in [0.5, 0.6) is 0 Å². The van der Waals surface area contributed by atoms with Crippen LogP contribution < -0.4 is 11.3 Å². The lowest BCUT2D eigenvalue weighted by atomic mass is 9.99. The van der Waals surface area contributed by atoms with Crippen molar-refractivity contribution in [1.82, 2.24) is 5.43 Å². The Morgan fingerprint density at radius 3 is 2.31 bits per heavy atom. The summed E-state index contributed by atoms with van der Waals surface area (Å²) in [6.07, 6.45) is 0.892. The van der Waals surface area contributed by atoms with Gasteiger partial charge in [-0.3, -0.25) is 11.3 Å². The van der Waals surface area contributed by atoms with Crippen LogP contribution in [0.4, 0.5) is 0 Å². The molecule has 1 rings (SSSR count). The van der Waals surface area contributed by atoms with E-state index in [1.54, 1.807) is 7.11 Å². The fraction of sp³-hybridized carbons (Fsp3) is 0.538. The zero-order chi connectivity index (χ0) is 12.0. The van der Waals surface area contributed by atoms with Crippen LogP contribution in [0.3, 0.4) is 0 Å². The molecule has 3 heteroatoms. The van der Waals surface area contributed by atoms with Crippen molar-refractivity contribution in [2.24, 2.45) is 5.84 Å². The third-order valence-electron chi connectivity index (χ3n) is 2.73. The van der Waals surface area contributed by atoms with Gasteiger partial charge in [-0.25, -0.2) is 0 Å². The van der Waals surface area contributed by atoms with Crippen molar-refractivity contribution in [2.75, 3.05) is 13.7 Å². The molecule has 1 aromatic rings. The fourth-order valence-corrected chi connectivity index (χ4v) is 1.69. The topological polar surface area (TPSA) is 47.3 Å². The summed E-state index contributed by atoms with van der Waals surface area (Å²) < 4.78 is 5.09. The molecule has 0 saturated heterocycles. The van der Waals surface area contributed by atoms with Gasteiger partial charge in [-0.1, -0.05) is 38.1 Å². The van der Waals surface area contributed by atoms with E-state index in [1.165, 1.54) is 11.1 Å². The smallest absolute Gasteiger partial charge is 0.0632 e. The van der Waals surface area contributed by atoms with E-state index in [9.17, 15) is 0 Å². The quantitative estimate of drug-likeness (QED) is 0.570. The molecule has 0 heterocycles. The molecule has 0 amide bonds. The number of methoxy groups -OCH3 is 1. The highest BCUT2D eigenvalue weighted by atomic mass is 16.5. The van der Waals surface area contributed by atoms with E-state index in [-0.39, 0.29) is 6.04 Å². The van der Waals surface area contributed by atoms with Gasteiger partial charge in [0.2, 0.25) is 0 Å². The number of nitrogens with two attached hydrogens (primary N) is 1. The van der Waals surface area contributed by atoms with Crippen molar-refractivity contribution in [1.29, 1.82) is 0 Å². The summed E-state index contributed by atoms with van der Waals surface area (Å²) in [5.41, 5.74) is 5.41. The summed E-state index contributed by atoms with van der Waals surface area (Å²) in [5.74, 6) is 6.03. The van der Waals surface area contributed by atoms with Gasteiger partial charge in [0, 0.05) is 13.2 Å². The van der Waals surface area contributed by atoms with Crippen molar-refractivity contribution in [3.63, 3.8) is 0 Å². The number of hydrogen-bond acceptors (Lipinski definition) is 3. The van der Waals surface area contributed by atoms with Gasteiger partial charge < -0.3 is 4.74 Å². The Balaban J connectivity index is 2.60. The standard InChI is InChI=1S/C13H22N2O/c1-10(2)12-6-4-11(5-7-12)8-13(15-14)9-16-3/h4-7,10,13,15H,8-9,14H2,1-3H3. The highest BCUT2D eigenvalue weighted by Gasteiger charge is 2.07. The van der Waals surface area contributed by atoms with Crippen molar-refractivity contribution < 1.29 is 4.74 Å². The van der Waals surface area contributed by atoms with Gasteiger partial charge in [-0.05, 0) is 23.5 Å². The highest BCUT2D eigenvalue weighted by Crippen LogP contribution is 2.15. The average molecular weight is 222 g/mol. The maximum absolute atomic E-state index is 5.45. The molecule has 0 bridgehead atoms. The number of nitrogens with one attached hydrogen (secondary N) is 1. The summed E-state index contributed by atoms with van der Waals surface area (Å²) in [6, 6.07) is 8.86. The lowest BCUT2D eigenvalue weighted by Crippen LogP contribution is -2.40. The Labute approximate surface area is 98.0 Å². The summed E-state index contributed by atoms with van der Waals surface area (Å²) in [4.78, 5) is 0. The van der Waals surface area contributed by atoms with Gasteiger partial charge >= 0.3 is 0 Å². The Hall–Kier alpha value is -0.900. The molecule has 3 N–H and O–H groups in total. The minimum Gasteiger partial charge on any atom is -0.383 e. The van der Waals surface area contributed by atoms with Gasteiger partial charge in [-0.2, -0.15) is 0 Å². The number of hydrogen-bond donors (Lipinski definition) is 2. The van der Waals surface area contributed by atoms with Crippen molar-refractivity contribution >= 4 is 0 Å². The maximum Gasteiger partial charge on any atom is 0.0632 e. The molecule has 1 unspecified atom stereocenters. The van der Waals surface area contributed by atoms with E-state index in [2.05, 4.69) is 43.5 Å². The average Bonchev–Trinajstić information content (AvgIpc) is 2.29. The molecule has 0 fully saturated rings. The first-order valence-electron chi connectivity index (χ1n) is 5.71. The fourth-order valence-electron chi connectivity index (χ4n) is 1.69. The number of rotatable bonds is 6. The van der Waals surface area contributed by atoms with E-state index in [4.69, 9.17) is 10.6 Å². The van der Waals surface area contributed by atoms with Crippen LogP contribution in [-0.4, -0.2) is 19.8 Å². The molecule has 0 aliphatic heterocycles. The van der Waals surface area contributed by atoms with Crippen LogP contribution in [0.2, 0.25) is 0 Å². The molecule has 0 spiro atoms. The molecule has 1 aromatic carbocycles. The van der Waals surface area contributed by atoms with Gasteiger partial charge in [0.1, 0.15) is 0 Å². The summed E-state index contributed by atoms with van der Waals surface area (Å²) >= 11 is 0. The normalized spacial score (nSPS) is 13.1. The minimum atomic E-state index is 0.176. The van der Waals surface area contributed by atoms with Gasteiger partial charge in [0.15, 0.2) is 0 Å². The van der Waals surface area contributed by atoms with Crippen molar-refractivity contribution in [3.05, 3.63) is 35.4 Å². The molecule has 0 aromatic heterocycles. The Bertz CT molecular complexity index is 295. The van der Waals surface area contributed by atoms with Crippen molar-refractivity contribution in [3.8, 4) is 0 Å².